The van der Waals surface area contributed by atoms with Crippen molar-refractivity contribution >= 4 is 29.1 Å². The molecule has 9 nitrogen and oxygen atoms in total. The minimum atomic E-state index is -0.873. The zero-order valence-corrected chi connectivity index (χ0v) is 19.4. The van der Waals surface area contributed by atoms with Crippen LogP contribution in [0.4, 0.5) is 14.7 Å². The first-order chi connectivity index (χ1) is 16.7. The standard InChI is InChI=1S/C24H24F2N4O5/c1-12(2)30-14(10-31)6-21(33)16-7-17(25)15(8-20(16)30)23-18(26)9-27-24(29-23)28-19-4-5-34-11-22(19)35-13(3)32/h6-10,12,19,22H,4-5,11H2,1-3H3,(H,27,28,29)/t19-,22-/m1/s1. The number of ether oxygens (including phenoxy) is 2. The summed E-state index contributed by atoms with van der Waals surface area (Å²) in [5, 5.41) is 3.08. The third-order valence-electron chi connectivity index (χ3n) is 5.74. The number of nitrogens with one attached hydrogen (secondary N) is 1. The second kappa shape index (κ2) is 9.87. The lowest BCUT2D eigenvalue weighted by molar-refractivity contribution is -0.153. The van der Waals surface area contributed by atoms with E-state index in [1.807, 2.05) is 0 Å². The summed E-state index contributed by atoms with van der Waals surface area (Å²) in [5.74, 6) is -2.19. The zero-order chi connectivity index (χ0) is 25.3. The summed E-state index contributed by atoms with van der Waals surface area (Å²) in [7, 11) is 0. The summed E-state index contributed by atoms with van der Waals surface area (Å²) in [6, 6.07) is 2.84. The highest BCUT2D eigenvalue weighted by Crippen LogP contribution is 2.30. The van der Waals surface area contributed by atoms with E-state index in [2.05, 4.69) is 15.3 Å². The summed E-state index contributed by atoms with van der Waals surface area (Å²) in [5.41, 5.74) is -0.640. The molecule has 35 heavy (non-hydrogen) atoms. The molecule has 0 spiro atoms. The molecule has 1 saturated heterocycles. The number of carbonyl (C=O) groups is 2. The van der Waals surface area contributed by atoms with Crippen molar-refractivity contribution in [2.45, 2.75) is 45.4 Å². The average Bonchev–Trinajstić information content (AvgIpc) is 2.81. The number of aldehydes is 1. The number of benzene rings is 1. The molecule has 1 aliphatic heterocycles. The Morgan fingerprint density at radius 1 is 1.29 bits per heavy atom. The Balaban J connectivity index is 1.80. The van der Waals surface area contributed by atoms with Crippen molar-refractivity contribution in [1.82, 2.24) is 14.5 Å². The minimum absolute atomic E-state index is 0.00726. The predicted molar refractivity (Wildman–Crippen MR) is 123 cm³/mol. The molecule has 0 aliphatic carbocycles. The molecule has 1 fully saturated rings. The summed E-state index contributed by atoms with van der Waals surface area (Å²) < 4.78 is 42.2. The van der Waals surface area contributed by atoms with E-state index in [0.29, 0.717) is 19.3 Å². The van der Waals surface area contributed by atoms with Gasteiger partial charge in [-0.1, -0.05) is 0 Å². The van der Waals surface area contributed by atoms with Gasteiger partial charge in [0.05, 0.1) is 30.1 Å². The second-order valence-corrected chi connectivity index (χ2v) is 8.52. The normalized spacial score (nSPS) is 18.0. The molecule has 2 aromatic heterocycles. The lowest BCUT2D eigenvalue weighted by Crippen LogP contribution is -2.44. The lowest BCUT2D eigenvalue weighted by Gasteiger charge is -2.31. The van der Waals surface area contributed by atoms with Gasteiger partial charge in [0.1, 0.15) is 17.6 Å². The minimum Gasteiger partial charge on any atom is -0.458 e. The number of halogens is 2. The van der Waals surface area contributed by atoms with E-state index in [4.69, 9.17) is 9.47 Å². The van der Waals surface area contributed by atoms with Crippen LogP contribution in [-0.4, -0.2) is 52.2 Å². The van der Waals surface area contributed by atoms with Crippen molar-refractivity contribution in [1.29, 1.82) is 0 Å². The average molecular weight is 486 g/mol. The summed E-state index contributed by atoms with van der Waals surface area (Å²) in [6.45, 7) is 5.49. The van der Waals surface area contributed by atoms with Crippen LogP contribution in [-0.2, 0) is 14.3 Å². The maximum Gasteiger partial charge on any atom is 0.303 e. The van der Waals surface area contributed by atoms with Crippen molar-refractivity contribution in [3.63, 3.8) is 0 Å². The number of esters is 1. The van der Waals surface area contributed by atoms with E-state index >= 15 is 4.39 Å². The van der Waals surface area contributed by atoms with Crippen LogP contribution >= 0.6 is 0 Å². The van der Waals surface area contributed by atoms with Crippen LogP contribution in [0.3, 0.4) is 0 Å². The molecule has 2 atom stereocenters. The van der Waals surface area contributed by atoms with Gasteiger partial charge in [-0.25, -0.2) is 18.7 Å². The van der Waals surface area contributed by atoms with Gasteiger partial charge in [0.15, 0.2) is 17.5 Å². The molecular formula is C24H24F2N4O5. The molecule has 1 N–H and O–H groups in total. The number of pyridine rings is 1. The summed E-state index contributed by atoms with van der Waals surface area (Å²) in [4.78, 5) is 43.6. The highest BCUT2D eigenvalue weighted by atomic mass is 19.1. The van der Waals surface area contributed by atoms with E-state index in [9.17, 15) is 18.8 Å². The van der Waals surface area contributed by atoms with Crippen LogP contribution in [0.15, 0.2) is 29.2 Å². The molecule has 0 radical (unpaired) electrons. The fourth-order valence-electron chi connectivity index (χ4n) is 4.23. The van der Waals surface area contributed by atoms with Gasteiger partial charge in [0.2, 0.25) is 5.95 Å². The molecule has 3 aromatic rings. The Hall–Kier alpha value is -3.73. The second-order valence-electron chi connectivity index (χ2n) is 8.52. The molecular weight excluding hydrogens is 462 g/mol. The van der Waals surface area contributed by atoms with Crippen LogP contribution in [0.2, 0.25) is 0 Å². The van der Waals surface area contributed by atoms with E-state index in [0.717, 1.165) is 18.3 Å². The fraction of sp³-hybridized carbons (Fsp3) is 0.375. The number of aromatic nitrogens is 3. The number of hydrogen-bond donors (Lipinski definition) is 1. The Labute approximate surface area is 199 Å². The Morgan fingerprint density at radius 2 is 2.06 bits per heavy atom. The molecule has 0 amide bonds. The zero-order valence-electron chi connectivity index (χ0n) is 19.4. The van der Waals surface area contributed by atoms with Crippen molar-refractivity contribution in [2.75, 3.05) is 18.5 Å². The lowest BCUT2D eigenvalue weighted by atomic mass is 10.0. The fourth-order valence-corrected chi connectivity index (χ4v) is 4.23. The maximum atomic E-state index is 15.1. The third kappa shape index (κ3) is 4.90. The first kappa shape index (κ1) is 24.4. The number of nitrogens with zero attached hydrogens (tertiary/aromatic N) is 3. The van der Waals surface area contributed by atoms with Crippen molar-refractivity contribution < 1.29 is 27.8 Å². The molecule has 1 aliphatic rings. The number of fused-ring (bicyclic) bond motifs is 1. The number of anilines is 1. The molecule has 4 rings (SSSR count). The van der Waals surface area contributed by atoms with Crippen LogP contribution in [0, 0.1) is 11.6 Å². The van der Waals surface area contributed by atoms with E-state index in [1.165, 1.54) is 13.0 Å². The molecule has 0 saturated carbocycles. The maximum absolute atomic E-state index is 15.1. The van der Waals surface area contributed by atoms with Crippen LogP contribution < -0.4 is 10.7 Å². The quantitative estimate of drug-likeness (QED) is 0.417. The number of carbonyl (C=O) groups excluding carboxylic acids is 2. The molecule has 1 aromatic carbocycles. The molecule has 184 valence electrons. The first-order valence-electron chi connectivity index (χ1n) is 11.1. The highest BCUT2D eigenvalue weighted by Gasteiger charge is 2.29. The Kier molecular flexibility index (Phi) is 6.88. The van der Waals surface area contributed by atoms with Crippen LogP contribution in [0.5, 0.6) is 0 Å². The Bertz CT molecular complexity index is 1360. The van der Waals surface area contributed by atoms with Gasteiger partial charge in [-0.3, -0.25) is 14.4 Å². The summed E-state index contributed by atoms with van der Waals surface area (Å²) in [6.07, 6.45) is 1.34. The summed E-state index contributed by atoms with van der Waals surface area (Å²) >= 11 is 0. The molecule has 11 heteroatoms. The van der Waals surface area contributed by atoms with Gasteiger partial charge < -0.3 is 19.4 Å². The largest absolute Gasteiger partial charge is 0.458 e. The van der Waals surface area contributed by atoms with Crippen LogP contribution in [0.25, 0.3) is 22.2 Å². The molecule has 0 bridgehead atoms. The third-order valence-corrected chi connectivity index (χ3v) is 5.74. The SMILES string of the molecule is CC(=O)O[C@@H]1COCC[C@H]1Nc1ncc(F)c(-c2cc3c(cc2F)c(=O)cc(C=O)n3C(C)C)n1. The topological polar surface area (TPSA) is 112 Å². The molecule has 0 unspecified atom stereocenters. The van der Waals surface area contributed by atoms with E-state index in [-0.39, 0.29) is 46.5 Å². The Morgan fingerprint density at radius 3 is 2.74 bits per heavy atom. The molecule has 3 heterocycles. The number of rotatable bonds is 6. The highest BCUT2D eigenvalue weighted by molar-refractivity contribution is 5.88. The van der Waals surface area contributed by atoms with Gasteiger partial charge in [-0.2, -0.15) is 0 Å². The van der Waals surface area contributed by atoms with Gasteiger partial charge >= 0.3 is 5.97 Å². The van der Waals surface area contributed by atoms with Gasteiger partial charge in [0, 0.05) is 36.6 Å². The first-order valence-corrected chi connectivity index (χ1v) is 11.1. The smallest absolute Gasteiger partial charge is 0.303 e. The van der Waals surface area contributed by atoms with Crippen LogP contribution in [0.1, 0.15) is 43.7 Å². The monoisotopic (exact) mass is 486 g/mol. The van der Waals surface area contributed by atoms with Crippen molar-refractivity contribution in [2.24, 2.45) is 0 Å². The van der Waals surface area contributed by atoms with Gasteiger partial charge in [-0.05, 0) is 32.4 Å². The van der Waals surface area contributed by atoms with Crippen molar-refractivity contribution in [3.8, 4) is 11.3 Å². The van der Waals surface area contributed by atoms with E-state index < -0.39 is 35.2 Å². The number of hydrogen-bond acceptors (Lipinski definition) is 8. The van der Waals surface area contributed by atoms with Crippen molar-refractivity contribution in [3.05, 3.63) is 51.9 Å². The van der Waals surface area contributed by atoms with E-state index in [1.54, 1.807) is 18.4 Å². The van der Waals surface area contributed by atoms with Gasteiger partial charge in [0.25, 0.3) is 0 Å². The predicted octanol–water partition coefficient (Wildman–Crippen LogP) is 3.26. The van der Waals surface area contributed by atoms with Gasteiger partial charge in [-0.15, -0.1) is 0 Å².